The lowest BCUT2D eigenvalue weighted by atomic mass is 10.1. The molecule has 2 aromatic heterocycles. The fourth-order valence-electron chi connectivity index (χ4n) is 2.77. The zero-order valence-electron chi connectivity index (χ0n) is 15.5. The Hall–Kier alpha value is -2.60. The first kappa shape index (κ1) is 18.2. The molecule has 6 heteroatoms. The van der Waals surface area contributed by atoms with Crippen LogP contribution in [0.25, 0.3) is 10.9 Å². The molecule has 0 saturated carbocycles. The Morgan fingerprint density at radius 3 is 2.73 bits per heavy atom. The van der Waals surface area contributed by atoms with Crippen LogP contribution in [0.1, 0.15) is 10.4 Å². The Bertz CT molecular complexity index is 871. The molecule has 0 unspecified atom stereocenters. The number of anilines is 1. The van der Waals surface area contributed by atoms with Gasteiger partial charge in [-0.1, -0.05) is 24.3 Å². The fraction of sp³-hybridized carbons (Fsp3) is 0.300. The number of hydrogen-bond donors (Lipinski definition) is 2. The van der Waals surface area contributed by atoms with E-state index in [1.165, 1.54) is 15.8 Å². The third-order valence-electron chi connectivity index (χ3n) is 4.16. The molecule has 0 bridgehead atoms. The Balaban J connectivity index is 1.67. The number of aliphatic imine (C=N–C) groups is 1. The fourth-order valence-corrected chi connectivity index (χ4v) is 3.47. The number of nitrogens with zero attached hydrogens (tertiary/aromatic N) is 3. The van der Waals surface area contributed by atoms with Crippen LogP contribution in [-0.2, 0) is 13.0 Å². The van der Waals surface area contributed by atoms with Crippen molar-refractivity contribution in [1.82, 2.24) is 15.6 Å². The molecule has 5 nitrogen and oxygen atoms in total. The Morgan fingerprint density at radius 1 is 1.15 bits per heavy atom. The summed E-state index contributed by atoms with van der Waals surface area (Å²) in [5.41, 5.74) is 2.22. The first-order chi connectivity index (χ1) is 12.7. The highest BCUT2D eigenvalue weighted by Gasteiger charge is 2.08. The first-order valence-electron chi connectivity index (χ1n) is 8.70. The predicted molar refractivity (Wildman–Crippen MR) is 112 cm³/mol. The number of rotatable bonds is 6. The molecule has 3 aromatic rings. The quantitative estimate of drug-likeness (QED) is 0.519. The van der Waals surface area contributed by atoms with E-state index in [-0.39, 0.29) is 0 Å². The van der Waals surface area contributed by atoms with Gasteiger partial charge in [0.25, 0.3) is 0 Å². The molecule has 136 valence electrons. The van der Waals surface area contributed by atoms with Crippen molar-refractivity contribution in [3.63, 3.8) is 0 Å². The molecule has 0 radical (unpaired) electrons. The lowest BCUT2D eigenvalue weighted by Gasteiger charge is -2.17. The largest absolute Gasteiger partial charge is 0.363 e. The number of benzene rings is 1. The summed E-state index contributed by atoms with van der Waals surface area (Å²) in [6, 6.07) is 14.6. The molecule has 26 heavy (non-hydrogen) atoms. The lowest BCUT2D eigenvalue weighted by Crippen LogP contribution is -2.37. The first-order valence-corrected chi connectivity index (χ1v) is 9.58. The summed E-state index contributed by atoms with van der Waals surface area (Å²) in [7, 11) is 5.83. The predicted octanol–water partition coefficient (Wildman–Crippen LogP) is 3.27. The summed E-state index contributed by atoms with van der Waals surface area (Å²) >= 11 is 1.79. The van der Waals surface area contributed by atoms with Crippen LogP contribution in [0.15, 0.2) is 52.8 Å². The van der Waals surface area contributed by atoms with Crippen LogP contribution in [0.4, 0.5) is 5.82 Å². The molecule has 0 aliphatic heterocycles. The summed E-state index contributed by atoms with van der Waals surface area (Å²) in [5, 5.41) is 10.1. The molecular weight excluding hydrogens is 342 g/mol. The summed E-state index contributed by atoms with van der Waals surface area (Å²) in [4.78, 5) is 12.5. The lowest BCUT2D eigenvalue weighted by molar-refractivity contribution is 0.801. The topological polar surface area (TPSA) is 52.6 Å². The summed E-state index contributed by atoms with van der Waals surface area (Å²) < 4.78 is 0. The number of pyridine rings is 1. The van der Waals surface area contributed by atoms with E-state index >= 15 is 0 Å². The van der Waals surface area contributed by atoms with Gasteiger partial charge in [-0.2, -0.15) is 0 Å². The minimum Gasteiger partial charge on any atom is -0.363 e. The molecule has 2 N–H and O–H groups in total. The Morgan fingerprint density at radius 2 is 2.00 bits per heavy atom. The molecule has 2 heterocycles. The van der Waals surface area contributed by atoms with Crippen molar-refractivity contribution < 1.29 is 0 Å². The minimum absolute atomic E-state index is 0.697. The second-order valence-electron chi connectivity index (χ2n) is 6.23. The van der Waals surface area contributed by atoms with E-state index in [4.69, 9.17) is 4.98 Å². The van der Waals surface area contributed by atoms with Gasteiger partial charge in [-0.15, -0.1) is 11.3 Å². The smallest absolute Gasteiger partial charge is 0.191 e. The summed E-state index contributed by atoms with van der Waals surface area (Å²) in [6.45, 7) is 1.56. The van der Waals surface area contributed by atoms with Gasteiger partial charge in [0.15, 0.2) is 5.96 Å². The average molecular weight is 368 g/mol. The van der Waals surface area contributed by atoms with E-state index < -0.39 is 0 Å². The van der Waals surface area contributed by atoms with Crippen LogP contribution in [0.3, 0.4) is 0 Å². The normalized spacial score (nSPS) is 11.6. The number of para-hydroxylation sites is 1. The van der Waals surface area contributed by atoms with E-state index in [1.54, 1.807) is 18.4 Å². The van der Waals surface area contributed by atoms with Gasteiger partial charge < -0.3 is 15.5 Å². The van der Waals surface area contributed by atoms with Crippen molar-refractivity contribution in [3.05, 3.63) is 58.3 Å². The van der Waals surface area contributed by atoms with Crippen LogP contribution in [0, 0.1) is 0 Å². The van der Waals surface area contributed by atoms with Crippen molar-refractivity contribution in [1.29, 1.82) is 0 Å². The van der Waals surface area contributed by atoms with Crippen LogP contribution in [-0.4, -0.2) is 38.6 Å². The van der Waals surface area contributed by atoms with E-state index in [0.717, 1.165) is 30.3 Å². The van der Waals surface area contributed by atoms with Crippen LogP contribution >= 0.6 is 11.3 Å². The van der Waals surface area contributed by atoms with Gasteiger partial charge in [0.2, 0.25) is 0 Å². The number of hydrogen-bond acceptors (Lipinski definition) is 4. The van der Waals surface area contributed by atoms with Gasteiger partial charge in [0.05, 0.1) is 5.52 Å². The average Bonchev–Trinajstić information content (AvgIpc) is 3.17. The third kappa shape index (κ3) is 4.52. The van der Waals surface area contributed by atoms with Crippen molar-refractivity contribution >= 4 is 34.0 Å². The maximum absolute atomic E-state index is 4.71. The molecule has 0 atom stereocenters. The zero-order chi connectivity index (χ0) is 18.4. The molecule has 0 spiro atoms. The number of nitrogens with one attached hydrogen (secondary N) is 2. The SMILES string of the molecule is CN=C(NCCc1cccs1)NCc1cc(N(C)C)nc2ccccc12. The van der Waals surface area contributed by atoms with Crippen molar-refractivity contribution in [2.45, 2.75) is 13.0 Å². The van der Waals surface area contributed by atoms with Crippen LogP contribution in [0.2, 0.25) is 0 Å². The highest BCUT2D eigenvalue weighted by atomic mass is 32.1. The van der Waals surface area contributed by atoms with E-state index in [0.29, 0.717) is 6.54 Å². The molecule has 0 aliphatic rings. The van der Waals surface area contributed by atoms with E-state index in [9.17, 15) is 0 Å². The van der Waals surface area contributed by atoms with E-state index in [1.807, 2.05) is 25.1 Å². The van der Waals surface area contributed by atoms with E-state index in [2.05, 4.69) is 57.4 Å². The number of guanidine groups is 1. The second-order valence-corrected chi connectivity index (χ2v) is 7.27. The van der Waals surface area contributed by atoms with Gasteiger partial charge in [0, 0.05) is 44.5 Å². The van der Waals surface area contributed by atoms with Crippen LogP contribution in [0.5, 0.6) is 0 Å². The van der Waals surface area contributed by atoms with Gasteiger partial charge in [-0.3, -0.25) is 4.99 Å². The van der Waals surface area contributed by atoms with Gasteiger partial charge in [-0.05, 0) is 35.6 Å². The molecule has 0 fully saturated rings. The number of thiophene rings is 1. The Labute approximate surface area is 158 Å². The molecule has 0 amide bonds. The van der Waals surface area contributed by atoms with Crippen molar-refractivity contribution in [2.75, 3.05) is 32.6 Å². The second kappa shape index (κ2) is 8.67. The number of fused-ring (bicyclic) bond motifs is 1. The highest BCUT2D eigenvalue weighted by molar-refractivity contribution is 7.09. The maximum Gasteiger partial charge on any atom is 0.191 e. The highest BCUT2D eigenvalue weighted by Crippen LogP contribution is 2.21. The standard InChI is InChI=1S/C20H25N5S/c1-21-20(22-11-10-16-7-6-12-26-16)23-14-15-13-19(25(2)3)24-18-9-5-4-8-17(15)18/h4-9,12-13H,10-11,14H2,1-3H3,(H2,21,22,23). The summed E-state index contributed by atoms with van der Waals surface area (Å²) in [5.74, 6) is 1.77. The molecular formula is C20H25N5S. The van der Waals surface area contributed by atoms with Crippen molar-refractivity contribution in [3.8, 4) is 0 Å². The zero-order valence-corrected chi connectivity index (χ0v) is 16.3. The molecule has 0 aliphatic carbocycles. The summed E-state index contributed by atoms with van der Waals surface area (Å²) in [6.07, 6.45) is 1.00. The third-order valence-corrected chi connectivity index (χ3v) is 5.10. The maximum atomic E-state index is 4.71. The van der Waals surface area contributed by atoms with Gasteiger partial charge in [-0.25, -0.2) is 4.98 Å². The van der Waals surface area contributed by atoms with Crippen molar-refractivity contribution in [2.24, 2.45) is 4.99 Å². The van der Waals surface area contributed by atoms with Gasteiger partial charge in [0.1, 0.15) is 5.82 Å². The molecule has 0 saturated heterocycles. The molecule has 1 aromatic carbocycles. The Kier molecular flexibility index (Phi) is 6.07. The van der Waals surface area contributed by atoms with Gasteiger partial charge >= 0.3 is 0 Å². The molecule has 3 rings (SSSR count). The number of aromatic nitrogens is 1. The minimum atomic E-state index is 0.697. The monoisotopic (exact) mass is 367 g/mol. The van der Waals surface area contributed by atoms with Crippen LogP contribution < -0.4 is 15.5 Å².